The summed E-state index contributed by atoms with van der Waals surface area (Å²) in [6, 6.07) is 0. The van der Waals surface area contributed by atoms with E-state index in [9.17, 15) is 0 Å². The first-order chi connectivity index (χ1) is 5.20. The van der Waals surface area contributed by atoms with E-state index in [2.05, 4.69) is 25.8 Å². The van der Waals surface area contributed by atoms with Crippen LogP contribution in [0, 0.1) is 25.7 Å². The first kappa shape index (κ1) is 15.1. The van der Waals surface area contributed by atoms with Crippen molar-refractivity contribution in [2.45, 2.75) is 20.3 Å². The van der Waals surface area contributed by atoms with Gasteiger partial charge in [-0.2, -0.15) is 11.8 Å². The van der Waals surface area contributed by atoms with Crippen LogP contribution < -0.4 is 0 Å². The molecule has 0 spiro atoms. The molecule has 2 heteroatoms. The van der Waals surface area contributed by atoms with Crippen molar-refractivity contribution >= 4 is 0 Å². The maximum absolute atomic E-state index is 4.02. The summed E-state index contributed by atoms with van der Waals surface area (Å²) in [6.45, 7) is 14.4. The van der Waals surface area contributed by atoms with Crippen LogP contribution in [0.1, 0.15) is 20.3 Å². The summed E-state index contributed by atoms with van der Waals surface area (Å²) in [5, 5.41) is 0. The van der Waals surface area contributed by atoms with Crippen molar-refractivity contribution < 1.29 is 21.1 Å². The molecule has 2 atom stereocenters. The summed E-state index contributed by atoms with van der Waals surface area (Å²) < 4.78 is 0. The molecule has 0 radical (unpaired) electrons. The maximum Gasteiger partial charge on any atom is 2.00 e. The zero-order chi connectivity index (χ0) is 8.85. The topological polar surface area (TPSA) is 3.24 Å². The van der Waals surface area contributed by atoms with Crippen LogP contribution in [0.25, 0.3) is 0 Å². The molecular weight excluding hydrogens is 318 g/mol. The van der Waals surface area contributed by atoms with Crippen molar-refractivity contribution in [3.05, 3.63) is 13.8 Å². The molecule has 1 heterocycles. The fraction of sp³-hybridized carbons (Fsp3) is 0.800. The molecule has 0 saturated carbocycles. The average molecular weight is 339 g/mol. The Labute approximate surface area is 92.2 Å². The Morgan fingerprint density at radius 3 is 2.00 bits per heavy atom. The van der Waals surface area contributed by atoms with Gasteiger partial charge in [-0.15, -0.1) is 0 Å². The Balaban J connectivity index is 0. The summed E-state index contributed by atoms with van der Waals surface area (Å²) in [4.78, 5) is 2.32. The van der Waals surface area contributed by atoms with E-state index in [4.69, 9.17) is 0 Å². The van der Waals surface area contributed by atoms with E-state index in [0.717, 1.165) is 6.54 Å². The molecule has 1 fully saturated rings. The van der Waals surface area contributed by atoms with E-state index in [1.54, 1.807) is 0 Å². The Morgan fingerprint density at radius 2 is 1.67 bits per heavy atom. The van der Waals surface area contributed by atoms with E-state index in [1.165, 1.54) is 13.0 Å². The van der Waals surface area contributed by atoms with Gasteiger partial charge in [-0.25, -0.2) is 0 Å². The van der Waals surface area contributed by atoms with Gasteiger partial charge in [0.25, 0.3) is 0 Å². The zero-order valence-electron chi connectivity index (χ0n) is 8.55. The molecular formula is C10H21NW. The second-order valence-electron chi connectivity index (χ2n) is 3.07. The van der Waals surface area contributed by atoms with Crippen LogP contribution in [0.4, 0.5) is 0 Å². The van der Waals surface area contributed by atoms with Crippen LogP contribution in [0.5, 0.6) is 0 Å². The van der Waals surface area contributed by atoms with Crippen molar-refractivity contribution in [2.24, 2.45) is 11.8 Å². The molecule has 0 bridgehead atoms. The SMILES string of the molecule is CC.[CH2-]C1CCN(C)CC1[CH2-].[W+2]. The Kier molecular flexibility index (Phi) is 10.4. The van der Waals surface area contributed by atoms with Gasteiger partial charge in [0.1, 0.15) is 0 Å². The summed E-state index contributed by atoms with van der Waals surface area (Å²) in [5.41, 5.74) is 0. The predicted octanol–water partition coefficient (Wildman–Crippen LogP) is 2.25. The average Bonchev–Trinajstić information content (AvgIpc) is 2.02. The van der Waals surface area contributed by atoms with E-state index < -0.39 is 0 Å². The Bertz CT molecular complexity index is 95.8. The number of nitrogens with zero attached hydrogens (tertiary/aromatic N) is 1. The van der Waals surface area contributed by atoms with E-state index in [-0.39, 0.29) is 21.1 Å². The normalized spacial score (nSPS) is 29.8. The third kappa shape index (κ3) is 5.32. The Morgan fingerprint density at radius 1 is 1.17 bits per heavy atom. The van der Waals surface area contributed by atoms with Gasteiger partial charge in [0.15, 0.2) is 0 Å². The van der Waals surface area contributed by atoms with Crippen molar-refractivity contribution in [1.29, 1.82) is 0 Å². The van der Waals surface area contributed by atoms with Crippen LogP contribution in [0.15, 0.2) is 0 Å². The minimum atomic E-state index is 0. The van der Waals surface area contributed by atoms with Gasteiger partial charge < -0.3 is 18.7 Å². The summed E-state index contributed by atoms with van der Waals surface area (Å²) in [7, 11) is 2.14. The molecule has 0 aromatic rings. The predicted molar refractivity (Wildman–Crippen MR) is 51.2 cm³/mol. The van der Waals surface area contributed by atoms with Gasteiger partial charge in [0.2, 0.25) is 0 Å². The molecule has 0 amide bonds. The van der Waals surface area contributed by atoms with Crippen molar-refractivity contribution in [3.63, 3.8) is 0 Å². The van der Waals surface area contributed by atoms with Crippen LogP contribution in [-0.2, 0) is 21.1 Å². The molecule has 1 nitrogen and oxygen atoms in total. The van der Waals surface area contributed by atoms with E-state index >= 15 is 0 Å². The van der Waals surface area contributed by atoms with Crippen molar-refractivity contribution in [3.8, 4) is 0 Å². The number of hydrogen-bond donors (Lipinski definition) is 0. The van der Waals surface area contributed by atoms with Crippen LogP contribution >= 0.6 is 0 Å². The molecule has 12 heavy (non-hydrogen) atoms. The van der Waals surface area contributed by atoms with Gasteiger partial charge >= 0.3 is 21.1 Å². The van der Waals surface area contributed by atoms with Gasteiger partial charge in [0.05, 0.1) is 0 Å². The molecule has 1 saturated heterocycles. The van der Waals surface area contributed by atoms with Crippen molar-refractivity contribution in [2.75, 3.05) is 20.1 Å². The fourth-order valence-electron chi connectivity index (χ4n) is 1.26. The number of hydrogen-bond acceptors (Lipinski definition) is 1. The first-order valence-electron chi connectivity index (χ1n) is 4.55. The molecule has 1 rings (SSSR count). The van der Waals surface area contributed by atoms with E-state index in [0.29, 0.717) is 11.8 Å². The Hall–Kier alpha value is 0.648. The van der Waals surface area contributed by atoms with E-state index in [1.807, 2.05) is 13.8 Å². The smallest absolute Gasteiger partial charge is 0.342 e. The van der Waals surface area contributed by atoms with Crippen molar-refractivity contribution in [1.82, 2.24) is 4.90 Å². The minimum Gasteiger partial charge on any atom is -0.342 e. The van der Waals surface area contributed by atoms with Gasteiger partial charge in [-0.1, -0.05) is 20.3 Å². The van der Waals surface area contributed by atoms with Crippen LogP contribution in [-0.4, -0.2) is 25.0 Å². The molecule has 0 aromatic carbocycles. The van der Waals surface area contributed by atoms with Gasteiger partial charge in [-0.3, -0.25) is 0 Å². The molecule has 1 aliphatic heterocycles. The number of piperidine rings is 1. The van der Waals surface area contributed by atoms with Gasteiger partial charge in [0, 0.05) is 0 Å². The molecule has 72 valence electrons. The number of likely N-dealkylation sites (tertiary alicyclic amines) is 1. The summed E-state index contributed by atoms with van der Waals surface area (Å²) >= 11 is 0. The second kappa shape index (κ2) is 8.26. The third-order valence-electron chi connectivity index (χ3n) is 2.09. The minimum absolute atomic E-state index is 0. The molecule has 2 unspecified atom stereocenters. The quantitative estimate of drug-likeness (QED) is 0.612. The third-order valence-corrected chi connectivity index (χ3v) is 2.09. The maximum atomic E-state index is 4.02. The van der Waals surface area contributed by atoms with Gasteiger partial charge in [-0.05, 0) is 20.1 Å². The largest absolute Gasteiger partial charge is 2.00 e. The standard InChI is InChI=1S/C8H15N.C2H6.W/c1-7-4-5-9(3)6-8(7)2;1-2;/h7-8H,1-2,4-6H2,3H3;1-2H3;/q-2;;+2. The second-order valence-corrected chi connectivity index (χ2v) is 3.07. The van der Waals surface area contributed by atoms with Crippen LogP contribution in [0.2, 0.25) is 0 Å². The molecule has 0 aliphatic carbocycles. The summed E-state index contributed by atoms with van der Waals surface area (Å²) in [5.74, 6) is 1.13. The molecule has 0 aromatic heterocycles. The number of rotatable bonds is 0. The summed E-state index contributed by atoms with van der Waals surface area (Å²) in [6.07, 6.45) is 1.21. The molecule has 1 aliphatic rings. The first-order valence-corrected chi connectivity index (χ1v) is 4.55. The fourth-order valence-corrected chi connectivity index (χ4v) is 1.26. The zero-order valence-corrected chi connectivity index (χ0v) is 11.5. The van der Waals surface area contributed by atoms with Crippen LogP contribution in [0.3, 0.4) is 0 Å². The molecule has 0 N–H and O–H groups in total. The monoisotopic (exact) mass is 339 g/mol.